The van der Waals surface area contributed by atoms with Crippen molar-refractivity contribution >= 4 is 29.4 Å². The summed E-state index contributed by atoms with van der Waals surface area (Å²) < 4.78 is 5.21. The zero-order valence-electron chi connectivity index (χ0n) is 24.4. The van der Waals surface area contributed by atoms with Crippen LogP contribution >= 0.6 is 0 Å². The lowest BCUT2D eigenvalue weighted by Gasteiger charge is -2.58. The molecule has 4 aliphatic rings. The van der Waals surface area contributed by atoms with Gasteiger partial charge in [0.15, 0.2) is 18.4 Å². The van der Waals surface area contributed by atoms with Crippen molar-refractivity contribution < 1.29 is 38.9 Å². The second-order valence-corrected chi connectivity index (χ2v) is 13.2. The van der Waals surface area contributed by atoms with Crippen LogP contribution in [0.5, 0.6) is 0 Å². The molecule has 1 amide bonds. The Bertz CT molecular complexity index is 1310. The van der Waals surface area contributed by atoms with E-state index in [0.717, 1.165) is 32.1 Å². The predicted molar refractivity (Wildman–Crippen MR) is 152 cm³/mol. The number of carbonyl (C=O) groups is 5. The van der Waals surface area contributed by atoms with E-state index in [0.29, 0.717) is 36.7 Å². The molecule has 3 N–H and O–H groups in total. The fraction of sp³-hybridized carbons (Fsp3) is 0.606. The summed E-state index contributed by atoms with van der Waals surface area (Å²) in [6.45, 7) is 3.73. The Kier molecular flexibility index (Phi) is 8.18. The minimum Gasteiger partial charge on any atom is -0.479 e. The zero-order chi connectivity index (χ0) is 30.3. The summed E-state index contributed by atoms with van der Waals surface area (Å²) in [6, 6.07) is 7.00. The van der Waals surface area contributed by atoms with E-state index in [1.54, 1.807) is 30.3 Å². The second-order valence-electron chi connectivity index (χ2n) is 13.2. The van der Waals surface area contributed by atoms with Crippen LogP contribution in [0.1, 0.15) is 89.7 Å². The highest BCUT2D eigenvalue weighted by Crippen LogP contribution is 2.67. The van der Waals surface area contributed by atoms with Crippen LogP contribution in [0.2, 0.25) is 0 Å². The number of nitrogens with one attached hydrogen (secondary N) is 1. The first-order valence-electron chi connectivity index (χ1n) is 15.1. The Morgan fingerprint density at radius 3 is 2.40 bits per heavy atom. The third kappa shape index (κ3) is 5.21. The van der Waals surface area contributed by atoms with E-state index in [4.69, 9.17) is 4.74 Å². The molecule has 9 nitrogen and oxygen atoms in total. The van der Waals surface area contributed by atoms with Gasteiger partial charge in [-0.25, -0.2) is 4.79 Å². The molecule has 0 radical (unpaired) electrons. The molecule has 5 rings (SSSR count). The van der Waals surface area contributed by atoms with Crippen molar-refractivity contribution in [2.75, 3.05) is 6.61 Å². The lowest BCUT2D eigenvalue weighted by molar-refractivity contribution is -0.170. The number of ether oxygens (including phenoxy) is 1. The predicted octanol–water partition coefficient (Wildman–Crippen LogP) is 4.08. The SMILES string of the molecule is C[C@]12CCC(=O)C=C1CC[C@@H]1[C@@H]2CC[C@@]2(C)[C@H]1CC[C@]2(O)C(=O)COC(=O)CCC(=O)N[C@H](C(=O)O)c1ccccc1. The van der Waals surface area contributed by atoms with Gasteiger partial charge in [0.05, 0.1) is 6.42 Å². The Labute approximate surface area is 246 Å². The van der Waals surface area contributed by atoms with Gasteiger partial charge in [0.25, 0.3) is 0 Å². The number of carboxylic acid groups (broad SMARTS) is 1. The molecule has 3 saturated carbocycles. The zero-order valence-corrected chi connectivity index (χ0v) is 24.4. The number of aliphatic hydroxyl groups is 1. The van der Waals surface area contributed by atoms with Gasteiger partial charge in [-0.15, -0.1) is 0 Å². The van der Waals surface area contributed by atoms with E-state index in [2.05, 4.69) is 12.2 Å². The molecular formula is C33H41NO8. The summed E-state index contributed by atoms with van der Waals surface area (Å²) in [5.41, 5.74) is -0.541. The topological polar surface area (TPSA) is 147 Å². The van der Waals surface area contributed by atoms with Gasteiger partial charge < -0.3 is 20.3 Å². The number of rotatable bonds is 9. The summed E-state index contributed by atoms with van der Waals surface area (Å²) in [5, 5.41) is 23.7. The van der Waals surface area contributed by atoms with E-state index in [9.17, 15) is 34.2 Å². The van der Waals surface area contributed by atoms with Crippen molar-refractivity contribution in [3.8, 4) is 0 Å². The van der Waals surface area contributed by atoms with Gasteiger partial charge in [-0.2, -0.15) is 0 Å². The minimum atomic E-state index is -1.59. The van der Waals surface area contributed by atoms with Gasteiger partial charge in [-0.3, -0.25) is 19.2 Å². The van der Waals surface area contributed by atoms with Crippen LogP contribution in [-0.4, -0.2) is 51.8 Å². The van der Waals surface area contributed by atoms with Crippen LogP contribution in [-0.2, 0) is 28.7 Å². The number of amides is 1. The molecule has 42 heavy (non-hydrogen) atoms. The van der Waals surface area contributed by atoms with Crippen molar-refractivity contribution in [1.29, 1.82) is 0 Å². The molecule has 9 heteroatoms. The van der Waals surface area contributed by atoms with Crippen molar-refractivity contribution in [3.63, 3.8) is 0 Å². The Hall–Kier alpha value is -3.33. The number of fused-ring (bicyclic) bond motifs is 5. The number of carbonyl (C=O) groups excluding carboxylic acids is 4. The summed E-state index contributed by atoms with van der Waals surface area (Å²) in [5.74, 6) is -1.94. The molecule has 3 fully saturated rings. The molecule has 1 aromatic rings. The number of carboxylic acids is 1. The first-order chi connectivity index (χ1) is 19.9. The Morgan fingerprint density at radius 1 is 0.976 bits per heavy atom. The highest BCUT2D eigenvalue weighted by atomic mass is 16.5. The number of Topliss-reactive ketones (excluding diaryl/α,β-unsaturated/α-hetero) is 1. The number of allylic oxidation sites excluding steroid dienone is 1. The molecule has 7 atom stereocenters. The monoisotopic (exact) mass is 579 g/mol. The van der Waals surface area contributed by atoms with Crippen molar-refractivity contribution in [1.82, 2.24) is 5.32 Å². The molecule has 0 aromatic heterocycles. The van der Waals surface area contributed by atoms with Gasteiger partial charge >= 0.3 is 11.9 Å². The standard InChI is InChI=1S/C33H41NO8/c1-31-15-12-22(35)18-21(31)8-9-23-24(31)13-16-32(2)25(23)14-17-33(32,41)26(36)19-42-28(38)11-10-27(37)34-29(30(39)40)20-6-4-3-5-7-20/h3-7,18,23-25,29,41H,8-17,19H2,1-2H3,(H,34,37)(H,39,40)/t23-,24+,25+,29+,31+,32+,33+/m1/s1. The smallest absolute Gasteiger partial charge is 0.330 e. The summed E-state index contributed by atoms with van der Waals surface area (Å²) >= 11 is 0. The third-order valence-electron chi connectivity index (χ3n) is 11.2. The molecule has 0 spiro atoms. The average molecular weight is 580 g/mol. The van der Waals surface area contributed by atoms with Crippen molar-refractivity contribution in [2.24, 2.45) is 28.6 Å². The fourth-order valence-corrected chi connectivity index (χ4v) is 8.75. The number of hydrogen-bond donors (Lipinski definition) is 3. The maximum Gasteiger partial charge on any atom is 0.330 e. The second kappa shape index (κ2) is 11.4. The molecule has 4 aliphatic carbocycles. The van der Waals surface area contributed by atoms with E-state index in [-0.39, 0.29) is 30.0 Å². The van der Waals surface area contributed by atoms with Crippen LogP contribution < -0.4 is 5.32 Å². The molecule has 1 aromatic carbocycles. The number of aliphatic carboxylic acids is 1. The first-order valence-corrected chi connectivity index (χ1v) is 15.1. The van der Waals surface area contributed by atoms with Crippen molar-refractivity contribution in [3.05, 3.63) is 47.5 Å². The lowest BCUT2D eigenvalue weighted by atomic mass is 9.46. The molecule has 0 saturated heterocycles. The van der Waals surface area contributed by atoms with Gasteiger partial charge in [0, 0.05) is 18.3 Å². The number of esters is 1. The summed E-state index contributed by atoms with van der Waals surface area (Å²) in [4.78, 5) is 61.9. The van der Waals surface area contributed by atoms with Crippen LogP contribution in [0, 0.1) is 28.6 Å². The van der Waals surface area contributed by atoms with E-state index >= 15 is 0 Å². The Balaban J connectivity index is 1.16. The van der Waals surface area contributed by atoms with E-state index < -0.39 is 47.3 Å². The normalized spacial score (nSPS) is 34.2. The molecule has 0 bridgehead atoms. The van der Waals surface area contributed by atoms with Gasteiger partial charge in [-0.1, -0.05) is 49.8 Å². The number of hydrogen-bond acceptors (Lipinski definition) is 7. The quantitative estimate of drug-likeness (QED) is 0.371. The van der Waals surface area contributed by atoms with E-state index in [1.165, 1.54) is 5.57 Å². The largest absolute Gasteiger partial charge is 0.479 e. The molecule has 0 heterocycles. The number of benzene rings is 1. The molecule has 0 aliphatic heterocycles. The van der Waals surface area contributed by atoms with Crippen LogP contribution in [0.4, 0.5) is 0 Å². The minimum absolute atomic E-state index is 0.00370. The molecular weight excluding hydrogens is 538 g/mol. The maximum absolute atomic E-state index is 13.4. The van der Waals surface area contributed by atoms with Crippen molar-refractivity contribution in [2.45, 2.75) is 89.7 Å². The molecule has 226 valence electrons. The van der Waals surface area contributed by atoms with Crippen LogP contribution in [0.15, 0.2) is 42.0 Å². The highest BCUT2D eigenvalue weighted by Gasteiger charge is 2.66. The average Bonchev–Trinajstić information content (AvgIpc) is 3.25. The first kappa shape index (κ1) is 30.1. The highest BCUT2D eigenvalue weighted by molar-refractivity contribution is 5.92. The van der Waals surface area contributed by atoms with Gasteiger partial charge in [0.1, 0.15) is 5.60 Å². The lowest BCUT2D eigenvalue weighted by Crippen LogP contribution is -2.58. The Morgan fingerprint density at radius 2 is 1.69 bits per heavy atom. The third-order valence-corrected chi connectivity index (χ3v) is 11.2. The van der Waals surface area contributed by atoms with Crippen LogP contribution in [0.25, 0.3) is 0 Å². The van der Waals surface area contributed by atoms with Gasteiger partial charge in [0.2, 0.25) is 11.7 Å². The molecule has 0 unspecified atom stereocenters. The van der Waals surface area contributed by atoms with Crippen LogP contribution in [0.3, 0.4) is 0 Å². The summed E-state index contributed by atoms with van der Waals surface area (Å²) in [6.07, 6.45) is 7.15. The van der Waals surface area contributed by atoms with E-state index in [1.807, 2.05) is 13.0 Å². The maximum atomic E-state index is 13.4. The number of ketones is 2. The summed E-state index contributed by atoms with van der Waals surface area (Å²) in [7, 11) is 0. The van der Waals surface area contributed by atoms with Gasteiger partial charge in [-0.05, 0) is 79.8 Å². The fourth-order valence-electron chi connectivity index (χ4n) is 8.75.